The predicted octanol–water partition coefficient (Wildman–Crippen LogP) is 3.22. The van der Waals surface area contributed by atoms with Gasteiger partial charge < -0.3 is 4.74 Å². The number of methoxy groups -OCH3 is 1. The maximum absolute atomic E-state index is 5.83. The molecular formula is C12H8BrClN4O. The molecule has 96 valence electrons. The zero-order valence-electron chi connectivity index (χ0n) is 9.84. The lowest BCUT2D eigenvalue weighted by atomic mass is 10.2. The molecule has 0 spiro atoms. The van der Waals surface area contributed by atoms with E-state index in [-0.39, 0.29) is 0 Å². The second kappa shape index (κ2) is 4.79. The van der Waals surface area contributed by atoms with Gasteiger partial charge in [0, 0.05) is 10.5 Å². The number of halogens is 2. The third-order valence-corrected chi connectivity index (χ3v) is 3.37. The number of nitrogens with zero attached hydrogens (tertiary/aromatic N) is 4. The summed E-state index contributed by atoms with van der Waals surface area (Å²) in [6.45, 7) is 0. The third-order valence-electron chi connectivity index (χ3n) is 2.67. The van der Waals surface area contributed by atoms with E-state index >= 15 is 0 Å². The Hall–Kier alpha value is -1.66. The number of aromatic nitrogens is 4. The normalized spacial score (nSPS) is 10.9. The summed E-state index contributed by atoms with van der Waals surface area (Å²) in [5, 5.41) is 8.62. The van der Waals surface area contributed by atoms with Crippen LogP contribution < -0.4 is 4.74 Å². The van der Waals surface area contributed by atoms with Crippen LogP contribution in [0.3, 0.4) is 0 Å². The van der Waals surface area contributed by atoms with E-state index in [0.717, 1.165) is 10.0 Å². The average Bonchev–Trinajstić information content (AvgIpc) is 2.81. The minimum atomic E-state index is 0.384. The Morgan fingerprint density at radius 2 is 2.11 bits per heavy atom. The lowest BCUT2D eigenvalue weighted by Gasteiger charge is -2.07. The smallest absolute Gasteiger partial charge is 0.173 e. The first-order valence-electron chi connectivity index (χ1n) is 5.39. The lowest BCUT2D eigenvalue weighted by Crippen LogP contribution is -1.94. The topological polar surface area (TPSA) is 52.3 Å². The molecule has 7 heteroatoms. The molecule has 0 saturated carbocycles. The Morgan fingerprint density at radius 1 is 1.26 bits per heavy atom. The first kappa shape index (κ1) is 12.4. The minimum absolute atomic E-state index is 0.384. The zero-order chi connectivity index (χ0) is 13.4. The molecule has 3 rings (SSSR count). The van der Waals surface area contributed by atoms with Crippen LogP contribution in [0.15, 0.2) is 35.1 Å². The number of hydrogen-bond donors (Lipinski definition) is 0. The molecule has 0 unspecified atom stereocenters. The van der Waals surface area contributed by atoms with Crippen molar-refractivity contribution in [2.45, 2.75) is 0 Å². The summed E-state index contributed by atoms with van der Waals surface area (Å²) in [5.41, 5.74) is 1.47. The maximum atomic E-state index is 5.83. The molecule has 0 bridgehead atoms. The summed E-state index contributed by atoms with van der Waals surface area (Å²) in [4.78, 5) is 4.04. The molecule has 0 amide bonds. The Bertz CT molecular complexity index is 759. The number of ether oxygens (including phenoxy) is 1. The molecule has 0 atom stereocenters. The van der Waals surface area contributed by atoms with E-state index in [1.54, 1.807) is 23.9 Å². The van der Waals surface area contributed by atoms with Crippen LogP contribution in [0, 0.1) is 0 Å². The first-order chi connectivity index (χ1) is 9.19. The van der Waals surface area contributed by atoms with Crippen LogP contribution in [0.25, 0.3) is 17.0 Å². The molecule has 2 aromatic heterocycles. The highest BCUT2D eigenvalue weighted by molar-refractivity contribution is 9.10. The van der Waals surface area contributed by atoms with Gasteiger partial charge >= 0.3 is 0 Å². The van der Waals surface area contributed by atoms with Gasteiger partial charge in [0.1, 0.15) is 17.2 Å². The van der Waals surface area contributed by atoms with Crippen LogP contribution in [0.5, 0.6) is 5.75 Å². The highest BCUT2D eigenvalue weighted by Gasteiger charge is 2.13. The van der Waals surface area contributed by atoms with Gasteiger partial charge in [-0.1, -0.05) is 27.5 Å². The van der Waals surface area contributed by atoms with Gasteiger partial charge in [-0.15, -0.1) is 10.2 Å². The van der Waals surface area contributed by atoms with Gasteiger partial charge in [0.2, 0.25) is 0 Å². The monoisotopic (exact) mass is 338 g/mol. The number of benzene rings is 1. The van der Waals surface area contributed by atoms with Gasteiger partial charge in [-0.2, -0.15) is 0 Å². The van der Waals surface area contributed by atoms with Gasteiger partial charge in [-0.05, 0) is 18.2 Å². The van der Waals surface area contributed by atoms with Crippen LogP contribution in [0.2, 0.25) is 5.15 Å². The lowest BCUT2D eigenvalue weighted by molar-refractivity contribution is 0.416. The second-order valence-corrected chi connectivity index (χ2v) is 5.11. The van der Waals surface area contributed by atoms with Gasteiger partial charge in [-0.3, -0.25) is 4.40 Å². The molecule has 5 nitrogen and oxygen atoms in total. The fourth-order valence-corrected chi connectivity index (χ4v) is 2.29. The maximum Gasteiger partial charge on any atom is 0.173 e. The summed E-state index contributed by atoms with van der Waals surface area (Å²) in [5.74, 6) is 1.36. The van der Waals surface area contributed by atoms with Gasteiger partial charge in [0.25, 0.3) is 0 Å². The molecule has 0 radical (unpaired) electrons. The summed E-state index contributed by atoms with van der Waals surface area (Å²) >= 11 is 9.24. The molecule has 3 aromatic rings. The zero-order valence-corrected chi connectivity index (χ0v) is 12.2. The molecule has 1 aromatic carbocycles. The molecule has 0 aliphatic carbocycles. The molecular weight excluding hydrogens is 332 g/mol. The summed E-state index contributed by atoms with van der Waals surface area (Å²) in [6, 6.07) is 7.36. The molecule has 19 heavy (non-hydrogen) atoms. The SMILES string of the molecule is COc1cc(Br)ccc1-c1nnc2cc(Cl)ncn12. The Morgan fingerprint density at radius 3 is 2.89 bits per heavy atom. The van der Waals surface area contributed by atoms with E-state index < -0.39 is 0 Å². The summed E-state index contributed by atoms with van der Waals surface area (Å²) in [7, 11) is 1.61. The van der Waals surface area contributed by atoms with Gasteiger partial charge in [0.05, 0.1) is 12.7 Å². The van der Waals surface area contributed by atoms with Crippen molar-refractivity contribution in [3.05, 3.63) is 40.2 Å². The van der Waals surface area contributed by atoms with Crippen LogP contribution in [0.1, 0.15) is 0 Å². The van der Waals surface area contributed by atoms with Crippen molar-refractivity contribution in [3.8, 4) is 17.1 Å². The fourth-order valence-electron chi connectivity index (χ4n) is 1.81. The van der Waals surface area contributed by atoms with Crippen molar-refractivity contribution in [3.63, 3.8) is 0 Å². The van der Waals surface area contributed by atoms with Crippen molar-refractivity contribution < 1.29 is 4.74 Å². The Balaban J connectivity index is 2.24. The highest BCUT2D eigenvalue weighted by atomic mass is 79.9. The molecule has 2 heterocycles. The van der Waals surface area contributed by atoms with Crippen molar-refractivity contribution in [2.75, 3.05) is 7.11 Å². The highest BCUT2D eigenvalue weighted by Crippen LogP contribution is 2.31. The number of rotatable bonds is 2. The first-order valence-corrected chi connectivity index (χ1v) is 6.56. The van der Waals surface area contributed by atoms with Crippen LogP contribution in [-0.2, 0) is 0 Å². The van der Waals surface area contributed by atoms with Gasteiger partial charge in [0.15, 0.2) is 11.5 Å². The van der Waals surface area contributed by atoms with Crippen LogP contribution in [-0.4, -0.2) is 26.7 Å². The van der Waals surface area contributed by atoms with Crippen LogP contribution in [0.4, 0.5) is 0 Å². The number of hydrogen-bond acceptors (Lipinski definition) is 4. The van der Waals surface area contributed by atoms with E-state index in [2.05, 4.69) is 31.1 Å². The molecule has 0 aliphatic rings. The number of fused-ring (bicyclic) bond motifs is 1. The predicted molar refractivity (Wildman–Crippen MR) is 75.5 cm³/mol. The van der Waals surface area contributed by atoms with Crippen molar-refractivity contribution in [1.82, 2.24) is 19.6 Å². The van der Waals surface area contributed by atoms with Crippen LogP contribution >= 0.6 is 27.5 Å². The van der Waals surface area contributed by atoms with E-state index in [1.807, 2.05) is 18.2 Å². The third kappa shape index (κ3) is 2.17. The minimum Gasteiger partial charge on any atom is -0.496 e. The molecule has 0 N–H and O–H groups in total. The molecule has 0 saturated heterocycles. The largest absolute Gasteiger partial charge is 0.496 e. The quantitative estimate of drug-likeness (QED) is 0.673. The second-order valence-electron chi connectivity index (χ2n) is 3.81. The standard InChI is InChI=1S/C12H8BrClN4O/c1-19-9-4-7(13)2-3-8(9)12-17-16-11-5-10(14)15-6-18(11)12/h2-6H,1H3. The Labute approximate surface area is 122 Å². The van der Waals surface area contributed by atoms with Crippen molar-refractivity contribution in [1.29, 1.82) is 0 Å². The average molecular weight is 340 g/mol. The summed E-state index contributed by atoms with van der Waals surface area (Å²) < 4.78 is 8.06. The van der Waals surface area contributed by atoms with Crippen molar-refractivity contribution >= 4 is 33.2 Å². The van der Waals surface area contributed by atoms with Gasteiger partial charge in [-0.25, -0.2) is 4.98 Å². The molecule has 0 fully saturated rings. The van der Waals surface area contributed by atoms with Crippen molar-refractivity contribution in [2.24, 2.45) is 0 Å². The van der Waals surface area contributed by atoms with E-state index in [4.69, 9.17) is 16.3 Å². The van der Waals surface area contributed by atoms with E-state index in [9.17, 15) is 0 Å². The molecule has 0 aliphatic heterocycles. The Kier molecular flexibility index (Phi) is 3.12. The summed E-state index contributed by atoms with van der Waals surface area (Å²) in [6.07, 6.45) is 1.59. The van der Waals surface area contributed by atoms with E-state index in [0.29, 0.717) is 22.4 Å². The van der Waals surface area contributed by atoms with E-state index in [1.165, 1.54) is 0 Å². The fraction of sp³-hybridized carbons (Fsp3) is 0.0833.